The van der Waals surface area contributed by atoms with Gasteiger partial charge in [-0.05, 0) is 38.1 Å². The average Bonchev–Trinajstić information content (AvgIpc) is 2.33. The summed E-state index contributed by atoms with van der Waals surface area (Å²) in [5.74, 6) is 2.11. The second kappa shape index (κ2) is 8.44. The van der Waals surface area contributed by atoms with E-state index in [0.29, 0.717) is 10.8 Å². The number of rotatable bonds is 7. The van der Waals surface area contributed by atoms with E-state index in [1.165, 1.54) is 31.4 Å². The standard InChI is InChI=1S/C15H31NOS/c1-5-8-16-14(12-18-15(2,3)4)11-13-6-9-17-10-7-13/h13-14,16H,5-12H2,1-4H3. The smallest absolute Gasteiger partial charge is 0.0468 e. The van der Waals surface area contributed by atoms with Gasteiger partial charge >= 0.3 is 0 Å². The van der Waals surface area contributed by atoms with Gasteiger partial charge in [-0.3, -0.25) is 0 Å². The van der Waals surface area contributed by atoms with Gasteiger partial charge in [-0.2, -0.15) is 11.8 Å². The molecule has 1 atom stereocenters. The van der Waals surface area contributed by atoms with Crippen molar-refractivity contribution < 1.29 is 4.74 Å². The highest BCUT2D eigenvalue weighted by Gasteiger charge is 2.21. The van der Waals surface area contributed by atoms with E-state index in [1.54, 1.807) is 0 Å². The Hall–Kier alpha value is 0.270. The lowest BCUT2D eigenvalue weighted by Gasteiger charge is -2.29. The van der Waals surface area contributed by atoms with Crippen molar-refractivity contribution >= 4 is 11.8 Å². The fourth-order valence-electron chi connectivity index (χ4n) is 2.29. The van der Waals surface area contributed by atoms with Gasteiger partial charge in [0.2, 0.25) is 0 Å². The molecule has 108 valence electrons. The van der Waals surface area contributed by atoms with Crippen molar-refractivity contribution in [3.63, 3.8) is 0 Å². The zero-order valence-electron chi connectivity index (χ0n) is 12.6. The molecular formula is C15H31NOS. The maximum atomic E-state index is 5.45. The van der Waals surface area contributed by atoms with Crippen LogP contribution in [-0.4, -0.2) is 36.3 Å². The maximum absolute atomic E-state index is 5.45. The lowest BCUT2D eigenvalue weighted by Crippen LogP contribution is -2.36. The lowest BCUT2D eigenvalue weighted by molar-refractivity contribution is 0.0613. The van der Waals surface area contributed by atoms with Gasteiger partial charge in [0.1, 0.15) is 0 Å². The molecule has 18 heavy (non-hydrogen) atoms. The number of hydrogen-bond donors (Lipinski definition) is 1. The molecule has 1 rings (SSSR count). The third-order valence-electron chi connectivity index (χ3n) is 3.36. The van der Waals surface area contributed by atoms with E-state index in [2.05, 4.69) is 44.8 Å². The Balaban J connectivity index is 2.33. The number of ether oxygens (including phenoxy) is 1. The molecule has 0 aromatic rings. The third-order valence-corrected chi connectivity index (χ3v) is 4.79. The normalized spacial score (nSPS) is 20.0. The van der Waals surface area contributed by atoms with Crippen molar-refractivity contribution in [2.24, 2.45) is 5.92 Å². The molecule has 0 aliphatic carbocycles. The fraction of sp³-hybridized carbons (Fsp3) is 1.00. The van der Waals surface area contributed by atoms with E-state index in [0.717, 1.165) is 25.7 Å². The van der Waals surface area contributed by atoms with Gasteiger partial charge in [0, 0.05) is 29.8 Å². The summed E-state index contributed by atoms with van der Waals surface area (Å²) < 4.78 is 5.83. The van der Waals surface area contributed by atoms with E-state index in [4.69, 9.17) is 4.74 Å². The van der Waals surface area contributed by atoms with Gasteiger partial charge in [0.25, 0.3) is 0 Å². The van der Waals surface area contributed by atoms with E-state index >= 15 is 0 Å². The first-order chi connectivity index (χ1) is 8.51. The zero-order chi connectivity index (χ0) is 13.4. The number of thioether (sulfide) groups is 1. The molecule has 0 aromatic heterocycles. The monoisotopic (exact) mass is 273 g/mol. The van der Waals surface area contributed by atoms with Crippen molar-refractivity contribution in [2.75, 3.05) is 25.5 Å². The van der Waals surface area contributed by atoms with Crippen LogP contribution < -0.4 is 5.32 Å². The quantitative estimate of drug-likeness (QED) is 0.764. The van der Waals surface area contributed by atoms with Crippen molar-refractivity contribution in [1.29, 1.82) is 0 Å². The van der Waals surface area contributed by atoms with Crippen molar-refractivity contribution in [2.45, 2.75) is 64.2 Å². The predicted molar refractivity (Wildman–Crippen MR) is 82.5 cm³/mol. The average molecular weight is 273 g/mol. The molecule has 1 fully saturated rings. The van der Waals surface area contributed by atoms with E-state index in [9.17, 15) is 0 Å². The molecule has 2 nitrogen and oxygen atoms in total. The van der Waals surface area contributed by atoms with Crippen LogP contribution in [0.25, 0.3) is 0 Å². The van der Waals surface area contributed by atoms with Crippen LogP contribution in [0.1, 0.15) is 53.4 Å². The second-order valence-electron chi connectivity index (χ2n) is 6.37. The second-order valence-corrected chi connectivity index (χ2v) is 8.21. The SMILES string of the molecule is CCCNC(CSC(C)(C)C)CC1CCOCC1. The minimum Gasteiger partial charge on any atom is -0.381 e. The molecule has 1 heterocycles. The third kappa shape index (κ3) is 7.65. The lowest BCUT2D eigenvalue weighted by atomic mass is 9.93. The summed E-state index contributed by atoms with van der Waals surface area (Å²) in [6.07, 6.45) is 5.06. The van der Waals surface area contributed by atoms with Crippen LogP contribution in [-0.2, 0) is 4.74 Å². The Labute approximate surface area is 118 Å². The summed E-state index contributed by atoms with van der Waals surface area (Å²) in [4.78, 5) is 0. The molecule has 1 unspecified atom stereocenters. The minimum atomic E-state index is 0.377. The molecule has 0 radical (unpaired) electrons. The summed E-state index contributed by atoms with van der Waals surface area (Å²) in [6, 6.07) is 0.678. The summed E-state index contributed by atoms with van der Waals surface area (Å²) in [6.45, 7) is 12.3. The molecule has 0 bridgehead atoms. The molecule has 0 saturated carbocycles. The van der Waals surface area contributed by atoms with Gasteiger partial charge < -0.3 is 10.1 Å². The van der Waals surface area contributed by atoms with Gasteiger partial charge in [-0.15, -0.1) is 0 Å². The number of nitrogens with one attached hydrogen (secondary N) is 1. The Kier molecular flexibility index (Phi) is 7.66. The van der Waals surface area contributed by atoms with E-state index in [1.807, 2.05) is 0 Å². The van der Waals surface area contributed by atoms with Gasteiger partial charge in [-0.25, -0.2) is 0 Å². The van der Waals surface area contributed by atoms with Crippen LogP contribution in [0.4, 0.5) is 0 Å². The van der Waals surface area contributed by atoms with Crippen LogP contribution in [0.5, 0.6) is 0 Å². The van der Waals surface area contributed by atoms with Gasteiger partial charge in [-0.1, -0.05) is 27.7 Å². The van der Waals surface area contributed by atoms with E-state index in [-0.39, 0.29) is 0 Å². The van der Waals surface area contributed by atoms with Gasteiger partial charge in [0.15, 0.2) is 0 Å². The Bertz CT molecular complexity index is 209. The fourth-order valence-corrected chi connectivity index (χ4v) is 3.25. The van der Waals surface area contributed by atoms with Crippen LogP contribution >= 0.6 is 11.8 Å². The maximum Gasteiger partial charge on any atom is 0.0468 e. The topological polar surface area (TPSA) is 21.3 Å². The molecule has 0 spiro atoms. The van der Waals surface area contributed by atoms with Crippen LogP contribution in [0.15, 0.2) is 0 Å². The highest BCUT2D eigenvalue weighted by Crippen LogP contribution is 2.27. The largest absolute Gasteiger partial charge is 0.381 e. The molecule has 1 saturated heterocycles. The summed E-state index contributed by atoms with van der Waals surface area (Å²) in [5.41, 5.74) is 0. The van der Waals surface area contributed by atoms with Crippen molar-refractivity contribution in [1.82, 2.24) is 5.32 Å². The molecule has 0 aromatic carbocycles. The predicted octanol–water partition coefficient (Wildman–Crippen LogP) is 3.70. The zero-order valence-corrected chi connectivity index (χ0v) is 13.4. The first-order valence-electron chi connectivity index (χ1n) is 7.46. The first-order valence-corrected chi connectivity index (χ1v) is 8.45. The number of hydrogen-bond acceptors (Lipinski definition) is 3. The molecule has 1 aliphatic heterocycles. The summed E-state index contributed by atoms with van der Waals surface area (Å²) in [5, 5.41) is 3.73. The van der Waals surface area contributed by atoms with Crippen molar-refractivity contribution in [3.8, 4) is 0 Å². The molecule has 1 aliphatic rings. The van der Waals surface area contributed by atoms with E-state index < -0.39 is 0 Å². The Morgan fingerprint density at radius 3 is 2.50 bits per heavy atom. The Morgan fingerprint density at radius 2 is 1.94 bits per heavy atom. The summed E-state index contributed by atoms with van der Waals surface area (Å²) in [7, 11) is 0. The van der Waals surface area contributed by atoms with Crippen LogP contribution in [0.3, 0.4) is 0 Å². The molecule has 0 amide bonds. The summed E-state index contributed by atoms with van der Waals surface area (Å²) >= 11 is 2.09. The minimum absolute atomic E-state index is 0.377. The Morgan fingerprint density at radius 1 is 1.28 bits per heavy atom. The van der Waals surface area contributed by atoms with Crippen LogP contribution in [0, 0.1) is 5.92 Å². The molecule has 1 N–H and O–H groups in total. The van der Waals surface area contributed by atoms with Crippen molar-refractivity contribution in [3.05, 3.63) is 0 Å². The highest BCUT2D eigenvalue weighted by atomic mass is 32.2. The first kappa shape index (κ1) is 16.3. The van der Waals surface area contributed by atoms with Gasteiger partial charge in [0.05, 0.1) is 0 Å². The highest BCUT2D eigenvalue weighted by molar-refractivity contribution is 8.00. The van der Waals surface area contributed by atoms with Crippen LogP contribution in [0.2, 0.25) is 0 Å². The molecule has 3 heteroatoms. The molecular weight excluding hydrogens is 242 g/mol.